The molecule has 146 valence electrons. The Labute approximate surface area is 172 Å². The monoisotopic (exact) mass is 419 g/mol. The molecule has 0 atom stereocenters. The molecule has 1 aromatic carbocycles. The lowest BCUT2D eigenvalue weighted by molar-refractivity contribution is 0.0599. The van der Waals surface area contributed by atoms with Crippen molar-refractivity contribution < 1.29 is 9.53 Å². The smallest absolute Gasteiger partial charge is 0.344 e. The molecule has 0 aliphatic carbocycles. The number of carbonyl (C=O) groups is 1. The third-order valence-electron chi connectivity index (χ3n) is 4.70. The Morgan fingerprint density at radius 3 is 2.50 bits per heavy atom. The lowest BCUT2D eigenvalue weighted by Gasteiger charge is -2.21. The third-order valence-corrected chi connectivity index (χ3v) is 5.44. The number of nitrogens with zero attached hydrogens (tertiary/aromatic N) is 3. The van der Waals surface area contributed by atoms with Gasteiger partial charge in [-0.15, -0.1) is 0 Å². The quantitative estimate of drug-likeness (QED) is 0.589. The minimum Gasteiger partial charge on any atom is -0.465 e. The molecule has 0 unspecified atom stereocenters. The van der Waals surface area contributed by atoms with Gasteiger partial charge in [-0.05, 0) is 26.0 Å². The SMILES string of the molecule is CCn1c(C)c(-c2cncn2C)c(=O)c(C(=O)OC)c1-c1ccc(Cl)c(Cl)c1. The van der Waals surface area contributed by atoms with Crippen molar-refractivity contribution in [3.8, 4) is 22.5 Å². The van der Waals surface area contributed by atoms with Crippen LogP contribution in [0.25, 0.3) is 22.5 Å². The molecule has 0 spiro atoms. The van der Waals surface area contributed by atoms with E-state index in [1.807, 2.05) is 18.4 Å². The molecule has 6 nitrogen and oxygen atoms in total. The molecule has 3 aromatic rings. The number of esters is 1. The predicted molar refractivity (Wildman–Crippen MR) is 110 cm³/mol. The summed E-state index contributed by atoms with van der Waals surface area (Å²) in [6.45, 7) is 4.30. The van der Waals surface area contributed by atoms with Gasteiger partial charge in [-0.25, -0.2) is 9.78 Å². The zero-order chi connectivity index (χ0) is 20.6. The molecule has 2 aromatic heterocycles. The van der Waals surface area contributed by atoms with Gasteiger partial charge in [0, 0.05) is 24.8 Å². The number of halogens is 2. The van der Waals surface area contributed by atoms with Crippen molar-refractivity contribution in [2.24, 2.45) is 7.05 Å². The van der Waals surface area contributed by atoms with E-state index in [9.17, 15) is 9.59 Å². The van der Waals surface area contributed by atoms with Gasteiger partial charge in [0.15, 0.2) is 0 Å². The van der Waals surface area contributed by atoms with Crippen molar-refractivity contribution in [2.75, 3.05) is 7.11 Å². The van der Waals surface area contributed by atoms with Gasteiger partial charge < -0.3 is 13.9 Å². The molecule has 0 fully saturated rings. The molecule has 0 radical (unpaired) electrons. The summed E-state index contributed by atoms with van der Waals surface area (Å²) in [5.74, 6) is -0.711. The van der Waals surface area contributed by atoms with Gasteiger partial charge in [0.25, 0.3) is 0 Å². The first kappa shape index (κ1) is 20.2. The number of hydrogen-bond acceptors (Lipinski definition) is 4. The maximum atomic E-state index is 13.4. The maximum absolute atomic E-state index is 13.4. The van der Waals surface area contributed by atoms with Crippen molar-refractivity contribution in [2.45, 2.75) is 20.4 Å². The molecular formula is C20H19Cl2N3O3. The summed E-state index contributed by atoms with van der Waals surface area (Å²) in [4.78, 5) is 30.2. The van der Waals surface area contributed by atoms with Gasteiger partial charge in [0.05, 0.1) is 46.6 Å². The maximum Gasteiger partial charge on any atom is 0.344 e. The average Bonchev–Trinajstić information content (AvgIpc) is 3.08. The summed E-state index contributed by atoms with van der Waals surface area (Å²) in [5, 5.41) is 0.720. The van der Waals surface area contributed by atoms with Gasteiger partial charge in [-0.2, -0.15) is 0 Å². The first-order valence-corrected chi connectivity index (χ1v) is 9.35. The van der Waals surface area contributed by atoms with E-state index in [0.29, 0.717) is 44.8 Å². The molecule has 0 aliphatic heterocycles. The van der Waals surface area contributed by atoms with Crippen molar-refractivity contribution >= 4 is 29.2 Å². The zero-order valence-corrected chi connectivity index (χ0v) is 17.4. The Bertz CT molecular complexity index is 1130. The number of pyridine rings is 1. The highest BCUT2D eigenvalue weighted by Crippen LogP contribution is 2.33. The molecule has 0 saturated carbocycles. The van der Waals surface area contributed by atoms with Crippen LogP contribution in [0.3, 0.4) is 0 Å². The summed E-state index contributed by atoms with van der Waals surface area (Å²) in [5.41, 5.74) is 2.32. The number of imidazole rings is 1. The van der Waals surface area contributed by atoms with Crippen LogP contribution in [0, 0.1) is 6.92 Å². The van der Waals surface area contributed by atoms with Gasteiger partial charge in [-0.1, -0.05) is 29.3 Å². The largest absolute Gasteiger partial charge is 0.465 e. The number of aryl methyl sites for hydroxylation is 1. The topological polar surface area (TPSA) is 66.1 Å². The Hall–Kier alpha value is -2.57. The first-order valence-electron chi connectivity index (χ1n) is 8.59. The predicted octanol–water partition coefficient (Wildman–Crippen LogP) is 4.34. The van der Waals surface area contributed by atoms with Crippen LogP contribution in [0.5, 0.6) is 0 Å². The number of aromatic nitrogens is 3. The molecule has 0 bridgehead atoms. The van der Waals surface area contributed by atoms with Crippen LogP contribution in [-0.4, -0.2) is 27.2 Å². The summed E-state index contributed by atoms with van der Waals surface area (Å²) in [6.07, 6.45) is 3.21. The Kier molecular flexibility index (Phi) is 5.63. The van der Waals surface area contributed by atoms with Crippen LogP contribution < -0.4 is 5.43 Å². The molecule has 0 aliphatic rings. The van der Waals surface area contributed by atoms with Crippen molar-refractivity contribution in [1.29, 1.82) is 0 Å². The highest BCUT2D eigenvalue weighted by atomic mass is 35.5. The van der Waals surface area contributed by atoms with Crippen molar-refractivity contribution in [3.05, 3.63) is 62.2 Å². The fraction of sp³-hybridized carbons (Fsp3) is 0.250. The number of benzene rings is 1. The summed E-state index contributed by atoms with van der Waals surface area (Å²) in [6, 6.07) is 5.00. The molecule has 28 heavy (non-hydrogen) atoms. The van der Waals surface area contributed by atoms with Gasteiger partial charge in [0.2, 0.25) is 5.43 Å². The number of methoxy groups -OCH3 is 1. The van der Waals surface area contributed by atoms with Crippen LogP contribution in [0.4, 0.5) is 0 Å². The number of ether oxygens (including phenoxy) is 1. The summed E-state index contributed by atoms with van der Waals surface area (Å²) < 4.78 is 8.58. The van der Waals surface area contributed by atoms with E-state index >= 15 is 0 Å². The van der Waals surface area contributed by atoms with Crippen LogP contribution in [0.2, 0.25) is 10.0 Å². The average molecular weight is 420 g/mol. The van der Waals surface area contributed by atoms with Crippen molar-refractivity contribution in [3.63, 3.8) is 0 Å². The highest BCUT2D eigenvalue weighted by molar-refractivity contribution is 6.42. The summed E-state index contributed by atoms with van der Waals surface area (Å²) in [7, 11) is 3.04. The van der Waals surface area contributed by atoms with E-state index in [4.69, 9.17) is 27.9 Å². The molecular weight excluding hydrogens is 401 g/mol. The van der Waals surface area contributed by atoms with E-state index in [1.165, 1.54) is 7.11 Å². The van der Waals surface area contributed by atoms with E-state index in [-0.39, 0.29) is 5.56 Å². The van der Waals surface area contributed by atoms with Gasteiger partial charge in [0.1, 0.15) is 5.56 Å². The Morgan fingerprint density at radius 1 is 1.25 bits per heavy atom. The van der Waals surface area contributed by atoms with Crippen LogP contribution in [0.15, 0.2) is 35.5 Å². The minimum atomic E-state index is -0.711. The second kappa shape index (κ2) is 7.81. The van der Waals surface area contributed by atoms with E-state index in [1.54, 1.807) is 42.3 Å². The van der Waals surface area contributed by atoms with Gasteiger partial charge in [-0.3, -0.25) is 4.79 Å². The number of rotatable bonds is 4. The fourth-order valence-corrected chi connectivity index (χ4v) is 3.66. The molecule has 2 heterocycles. The standard InChI is InChI=1S/C20H19Cl2N3O3/c1-5-25-11(2)16(15-9-23-10-24(15)3)19(26)17(20(27)28-4)18(25)12-6-7-13(21)14(22)8-12/h6-10H,5H2,1-4H3. The number of hydrogen-bond donors (Lipinski definition) is 0. The third kappa shape index (κ3) is 3.23. The Morgan fingerprint density at radius 2 is 1.96 bits per heavy atom. The van der Waals surface area contributed by atoms with E-state index < -0.39 is 11.4 Å². The second-order valence-corrected chi connectivity index (χ2v) is 7.08. The molecule has 0 saturated heterocycles. The Balaban J connectivity index is 2.49. The molecule has 0 amide bonds. The normalized spacial score (nSPS) is 10.9. The molecule has 8 heteroatoms. The molecule has 3 rings (SSSR count). The second-order valence-electron chi connectivity index (χ2n) is 6.27. The van der Waals surface area contributed by atoms with E-state index in [0.717, 1.165) is 0 Å². The first-order chi connectivity index (χ1) is 13.3. The lowest BCUT2D eigenvalue weighted by Crippen LogP contribution is -2.26. The van der Waals surface area contributed by atoms with E-state index in [2.05, 4.69) is 4.98 Å². The number of carbonyl (C=O) groups excluding carboxylic acids is 1. The fourth-order valence-electron chi connectivity index (χ4n) is 3.36. The van der Waals surface area contributed by atoms with Gasteiger partial charge >= 0.3 is 5.97 Å². The van der Waals surface area contributed by atoms with Crippen molar-refractivity contribution in [1.82, 2.24) is 14.1 Å². The minimum absolute atomic E-state index is 0.0514. The van der Waals surface area contributed by atoms with Crippen LogP contribution in [-0.2, 0) is 18.3 Å². The summed E-state index contributed by atoms with van der Waals surface area (Å²) >= 11 is 12.2. The lowest BCUT2D eigenvalue weighted by atomic mass is 9.98. The van der Waals surface area contributed by atoms with Crippen LogP contribution >= 0.6 is 23.2 Å². The van der Waals surface area contributed by atoms with Crippen LogP contribution in [0.1, 0.15) is 23.0 Å². The highest BCUT2D eigenvalue weighted by Gasteiger charge is 2.27. The molecule has 0 N–H and O–H groups in total. The zero-order valence-electron chi connectivity index (χ0n) is 15.9.